The minimum Gasteiger partial charge on any atom is -0.396 e. The van der Waals surface area contributed by atoms with E-state index in [1.54, 1.807) is 0 Å². The molecule has 3 heteroatoms. The van der Waals surface area contributed by atoms with Crippen molar-refractivity contribution in [1.29, 1.82) is 0 Å². The van der Waals surface area contributed by atoms with E-state index in [0.717, 1.165) is 51.4 Å². The highest BCUT2D eigenvalue weighted by molar-refractivity contribution is 5.78. The number of aliphatic hydroxyl groups is 2. The normalized spacial score (nSPS) is 14.7. The predicted octanol–water partition coefficient (Wildman–Crippen LogP) is 6.99. The summed E-state index contributed by atoms with van der Waals surface area (Å²) in [6.45, 7) is 4.80. The summed E-state index contributed by atoms with van der Waals surface area (Å²) in [7, 11) is 0. The lowest BCUT2D eigenvalue weighted by molar-refractivity contribution is -0.119. The zero-order valence-corrected chi connectivity index (χ0v) is 20.1. The lowest BCUT2D eigenvalue weighted by Crippen LogP contribution is -2.23. The van der Waals surface area contributed by atoms with Crippen LogP contribution in [-0.2, 0) is 15.6 Å². The molecular formula is C30H46O3. The second-order valence-corrected chi connectivity index (χ2v) is 9.75. The van der Waals surface area contributed by atoms with Gasteiger partial charge < -0.3 is 10.2 Å². The molecule has 0 radical (unpaired) electrons. The lowest BCUT2D eigenvalue weighted by atomic mass is 9.75. The number of carbonyl (C=O) groups excluding carboxylic acids is 1. The van der Waals surface area contributed by atoms with E-state index in [1.165, 1.54) is 11.1 Å². The molecule has 0 amide bonds. The van der Waals surface area contributed by atoms with Gasteiger partial charge in [-0.2, -0.15) is 0 Å². The minimum absolute atomic E-state index is 0. The molecule has 0 saturated heterocycles. The molecule has 2 atom stereocenters. The van der Waals surface area contributed by atoms with Crippen molar-refractivity contribution in [3.8, 4) is 0 Å². The van der Waals surface area contributed by atoms with E-state index in [-0.39, 0.29) is 31.5 Å². The van der Waals surface area contributed by atoms with Gasteiger partial charge in [0.15, 0.2) is 0 Å². The molecule has 2 rings (SSSR count). The SMILES string of the molecule is C.CC(CCO)(CCCCC(=O)CCCCC(C)(CCO)c1ccccc1)c1ccccc1. The average Bonchev–Trinajstić information content (AvgIpc) is 2.81. The highest BCUT2D eigenvalue weighted by atomic mass is 16.3. The average molecular weight is 455 g/mol. The van der Waals surface area contributed by atoms with Crippen LogP contribution in [0.2, 0.25) is 0 Å². The molecule has 33 heavy (non-hydrogen) atoms. The van der Waals surface area contributed by atoms with Crippen LogP contribution < -0.4 is 0 Å². The van der Waals surface area contributed by atoms with Gasteiger partial charge in [-0.25, -0.2) is 0 Å². The number of hydrogen-bond acceptors (Lipinski definition) is 3. The quantitative estimate of drug-likeness (QED) is 0.269. The van der Waals surface area contributed by atoms with Gasteiger partial charge in [-0.05, 0) is 60.5 Å². The second-order valence-electron chi connectivity index (χ2n) is 9.75. The van der Waals surface area contributed by atoms with Gasteiger partial charge in [0, 0.05) is 26.1 Å². The molecule has 2 N–H and O–H groups in total. The van der Waals surface area contributed by atoms with E-state index >= 15 is 0 Å². The van der Waals surface area contributed by atoms with Crippen molar-refractivity contribution >= 4 is 5.78 Å². The summed E-state index contributed by atoms with van der Waals surface area (Å²) in [6, 6.07) is 20.8. The van der Waals surface area contributed by atoms with Crippen LogP contribution in [-0.4, -0.2) is 29.2 Å². The molecule has 0 aliphatic rings. The van der Waals surface area contributed by atoms with Crippen molar-refractivity contribution < 1.29 is 15.0 Å². The van der Waals surface area contributed by atoms with Crippen LogP contribution in [0.1, 0.15) is 96.6 Å². The molecule has 0 aromatic heterocycles. The standard InChI is InChI=1S/C29H42O3.CH4/c1-28(21-23-30,25-13-5-3-6-14-25)19-11-9-17-27(32)18-10-12-20-29(2,22-24-31)26-15-7-4-8-16-26;/h3-8,13-16,30-31H,9-12,17-24H2,1-2H3;1H4. The molecule has 2 unspecified atom stereocenters. The summed E-state index contributed by atoms with van der Waals surface area (Å²) in [5, 5.41) is 19.0. The van der Waals surface area contributed by atoms with Crippen molar-refractivity contribution in [2.75, 3.05) is 13.2 Å². The molecule has 0 aliphatic carbocycles. The van der Waals surface area contributed by atoms with Gasteiger partial charge in [0.05, 0.1) is 0 Å². The molecule has 2 aromatic carbocycles. The Kier molecular flexibility index (Phi) is 13.2. The van der Waals surface area contributed by atoms with Crippen molar-refractivity contribution in [3.63, 3.8) is 0 Å². The largest absolute Gasteiger partial charge is 0.396 e. The van der Waals surface area contributed by atoms with Crippen LogP contribution in [0.3, 0.4) is 0 Å². The van der Waals surface area contributed by atoms with Gasteiger partial charge in [0.1, 0.15) is 5.78 Å². The van der Waals surface area contributed by atoms with E-state index in [2.05, 4.69) is 62.4 Å². The van der Waals surface area contributed by atoms with Gasteiger partial charge in [-0.1, -0.05) is 94.8 Å². The third-order valence-corrected chi connectivity index (χ3v) is 7.14. The van der Waals surface area contributed by atoms with Gasteiger partial charge in [-0.15, -0.1) is 0 Å². The number of ketones is 1. The van der Waals surface area contributed by atoms with Crippen LogP contribution >= 0.6 is 0 Å². The Bertz CT molecular complexity index is 708. The molecule has 2 aromatic rings. The fraction of sp³-hybridized carbons (Fsp3) is 0.567. The minimum atomic E-state index is -0.0341. The molecule has 0 fully saturated rings. The van der Waals surface area contributed by atoms with Gasteiger partial charge in [0.2, 0.25) is 0 Å². The number of hydrogen-bond donors (Lipinski definition) is 2. The number of rotatable bonds is 16. The zero-order valence-electron chi connectivity index (χ0n) is 20.1. The van der Waals surface area contributed by atoms with Crippen LogP contribution in [0.5, 0.6) is 0 Å². The van der Waals surface area contributed by atoms with Gasteiger partial charge in [-0.3, -0.25) is 4.79 Å². The van der Waals surface area contributed by atoms with Crippen LogP contribution in [0.15, 0.2) is 60.7 Å². The number of carbonyl (C=O) groups is 1. The van der Waals surface area contributed by atoms with Crippen molar-refractivity contribution in [1.82, 2.24) is 0 Å². The van der Waals surface area contributed by atoms with Crippen molar-refractivity contribution in [2.24, 2.45) is 0 Å². The van der Waals surface area contributed by atoms with E-state index in [1.807, 2.05) is 12.1 Å². The van der Waals surface area contributed by atoms with E-state index < -0.39 is 0 Å². The second kappa shape index (κ2) is 15.0. The van der Waals surface area contributed by atoms with Crippen LogP contribution in [0.4, 0.5) is 0 Å². The summed E-state index contributed by atoms with van der Waals surface area (Å²) in [4.78, 5) is 12.4. The monoisotopic (exact) mass is 454 g/mol. The van der Waals surface area contributed by atoms with Crippen LogP contribution in [0, 0.1) is 0 Å². The van der Waals surface area contributed by atoms with Gasteiger partial charge >= 0.3 is 0 Å². The number of unbranched alkanes of at least 4 members (excludes halogenated alkanes) is 2. The maximum absolute atomic E-state index is 12.4. The fourth-order valence-electron chi connectivity index (χ4n) is 4.80. The first kappa shape index (κ1) is 29.1. The highest BCUT2D eigenvalue weighted by Crippen LogP contribution is 2.34. The summed E-state index contributed by atoms with van der Waals surface area (Å²) in [6.07, 6.45) is 8.60. The molecule has 0 heterocycles. The van der Waals surface area contributed by atoms with E-state index in [9.17, 15) is 15.0 Å². The molecule has 3 nitrogen and oxygen atoms in total. The smallest absolute Gasteiger partial charge is 0.132 e. The first-order valence-electron chi connectivity index (χ1n) is 12.3. The Balaban J connectivity index is 0.00000544. The van der Waals surface area contributed by atoms with E-state index in [4.69, 9.17) is 0 Å². The number of aliphatic hydroxyl groups excluding tert-OH is 2. The predicted molar refractivity (Wildman–Crippen MR) is 140 cm³/mol. The van der Waals surface area contributed by atoms with Gasteiger partial charge in [0.25, 0.3) is 0 Å². The summed E-state index contributed by atoms with van der Waals surface area (Å²) >= 11 is 0. The summed E-state index contributed by atoms with van der Waals surface area (Å²) in [5.41, 5.74) is 2.47. The lowest BCUT2D eigenvalue weighted by Gasteiger charge is -2.30. The molecule has 0 saturated carbocycles. The van der Waals surface area contributed by atoms with E-state index in [0.29, 0.717) is 18.6 Å². The third kappa shape index (κ3) is 9.43. The van der Waals surface area contributed by atoms with Crippen molar-refractivity contribution in [3.05, 3.63) is 71.8 Å². The topological polar surface area (TPSA) is 57.5 Å². The molecule has 0 bridgehead atoms. The zero-order chi connectivity index (χ0) is 23.3. The maximum Gasteiger partial charge on any atom is 0.132 e. The molecular weight excluding hydrogens is 408 g/mol. The Labute approximate surface area is 202 Å². The number of Topliss-reactive ketones (excluding diaryl/α,β-unsaturated/α-hetero) is 1. The highest BCUT2D eigenvalue weighted by Gasteiger charge is 2.26. The Hall–Kier alpha value is -1.97. The molecule has 0 aliphatic heterocycles. The van der Waals surface area contributed by atoms with Crippen LogP contribution in [0.25, 0.3) is 0 Å². The maximum atomic E-state index is 12.4. The molecule has 184 valence electrons. The summed E-state index contributed by atoms with van der Waals surface area (Å²) in [5.74, 6) is 0.358. The first-order chi connectivity index (χ1) is 15.4. The third-order valence-electron chi connectivity index (χ3n) is 7.14. The summed E-state index contributed by atoms with van der Waals surface area (Å²) < 4.78 is 0. The first-order valence-corrected chi connectivity index (χ1v) is 12.3. The Morgan fingerprint density at radius 2 is 1.00 bits per heavy atom. The fourth-order valence-corrected chi connectivity index (χ4v) is 4.80. The Morgan fingerprint density at radius 1 is 0.636 bits per heavy atom. The van der Waals surface area contributed by atoms with Crippen molar-refractivity contribution in [2.45, 2.75) is 96.3 Å². The Morgan fingerprint density at radius 3 is 1.33 bits per heavy atom. The molecule has 0 spiro atoms. The number of benzene rings is 2.